The maximum Gasteiger partial charge on any atom is 0.193 e. The van der Waals surface area contributed by atoms with Gasteiger partial charge in [-0.15, -0.1) is 41.9 Å². The van der Waals surface area contributed by atoms with Crippen LogP contribution in [0.4, 0.5) is 0 Å². The lowest BCUT2D eigenvalue weighted by atomic mass is 10.2. The molecule has 0 saturated carbocycles. The monoisotopic (exact) mass is 478 g/mol. The number of rotatable bonds is 8. The lowest BCUT2D eigenvalue weighted by molar-refractivity contribution is 0.0176. The average molecular weight is 478 g/mol. The Bertz CT molecular complexity index is 503. The van der Waals surface area contributed by atoms with Gasteiger partial charge in [-0.25, -0.2) is 0 Å². The first-order chi connectivity index (χ1) is 11.8. The second-order valence-corrected chi connectivity index (χ2v) is 6.94. The van der Waals surface area contributed by atoms with Crippen molar-refractivity contribution in [3.63, 3.8) is 0 Å². The number of allylic oxidation sites excluding steroid dienone is 1. The number of guanidine groups is 1. The summed E-state index contributed by atoms with van der Waals surface area (Å²) in [5.41, 5.74) is 0. The van der Waals surface area contributed by atoms with Crippen molar-refractivity contribution < 1.29 is 4.74 Å². The van der Waals surface area contributed by atoms with Crippen molar-refractivity contribution in [2.75, 3.05) is 53.5 Å². The standard InChI is InChI=1S/C18H30N4OS.HI/c1-4-5-6-9-21(3)18(19-2)20-15-16(17-8-7-14-24-17)22-10-12-23-13-11-22;/h4,7-8,14,16H,1,5-6,9-13,15H2,2-3H3,(H,19,20);1H. The summed E-state index contributed by atoms with van der Waals surface area (Å²) >= 11 is 1.82. The number of unbranched alkanes of at least 4 members (excludes halogenated alkanes) is 1. The van der Waals surface area contributed by atoms with Crippen LogP contribution in [0.3, 0.4) is 0 Å². The second-order valence-electron chi connectivity index (χ2n) is 5.96. The van der Waals surface area contributed by atoms with Crippen LogP contribution in [0.25, 0.3) is 0 Å². The third-order valence-corrected chi connectivity index (χ3v) is 5.26. The highest BCUT2D eigenvalue weighted by atomic mass is 127. The smallest absolute Gasteiger partial charge is 0.193 e. The Morgan fingerprint density at radius 3 is 2.88 bits per heavy atom. The molecule has 1 aliphatic rings. The number of morpholine rings is 1. The lowest BCUT2D eigenvalue weighted by Crippen LogP contribution is -2.46. The molecule has 5 nitrogen and oxygen atoms in total. The molecule has 142 valence electrons. The molecule has 0 amide bonds. The second kappa shape index (κ2) is 12.7. The summed E-state index contributed by atoms with van der Waals surface area (Å²) in [4.78, 5) is 10.5. The fourth-order valence-corrected chi connectivity index (χ4v) is 3.79. The molecule has 2 rings (SSSR count). The van der Waals surface area contributed by atoms with Crippen molar-refractivity contribution in [2.45, 2.75) is 18.9 Å². The minimum Gasteiger partial charge on any atom is -0.379 e. The van der Waals surface area contributed by atoms with Crippen LogP contribution in [0, 0.1) is 0 Å². The summed E-state index contributed by atoms with van der Waals surface area (Å²) in [5.74, 6) is 0.953. The lowest BCUT2D eigenvalue weighted by Gasteiger charge is -2.35. The van der Waals surface area contributed by atoms with E-state index in [2.05, 4.69) is 51.2 Å². The maximum absolute atomic E-state index is 5.51. The van der Waals surface area contributed by atoms with Gasteiger partial charge in [-0.1, -0.05) is 12.1 Å². The molecule has 0 bridgehead atoms. The molecule has 1 aromatic heterocycles. The Morgan fingerprint density at radius 2 is 2.28 bits per heavy atom. The molecule has 1 N–H and O–H groups in total. The van der Waals surface area contributed by atoms with Crippen LogP contribution in [0.2, 0.25) is 0 Å². The van der Waals surface area contributed by atoms with Crippen LogP contribution >= 0.6 is 35.3 Å². The Balaban J connectivity index is 0.00000312. The van der Waals surface area contributed by atoms with Crippen LogP contribution in [-0.2, 0) is 4.74 Å². The van der Waals surface area contributed by atoms with E-state index in [0.717, 1.165) is 58.2 Å². The van der Waals surface area contributed by atoms with Gasteiger partial charge in [0, 0.05) is 45.2 Å². The molecule has 0 aromatic carbocycles. The molecule has 1 atom stereocenters. The fourth-order valence-electron chi connectivity index (χ4n) is 2.93. The number of hydrogen-bond donors (Lipinski definition) is 1. The van der Waals surface area contributed by atoms with Crippen molar-refractivity contribution in [1.82, 2.24) is 15.1 Å². The largest absolute Gasteiger partial charge is 0.379 e. The number of halogens is 1. The topological polar surface area (TPSA) is 40.1 Å². The zero-order chi connectivity index (χ0) is 17.2. The molecule has 25 heavy (non-hydrogen) atoms. The number of nitrogens with zero attached hydrogens (tertiary/aromatic N) is 3. The number of ether oxygens (including phenoxy) is 1. The van der Waals surface area contributed by atoms with E-state index in [-0.39, 0.29) is 24.0 Å². The molecular weight excluding hydrogens is 447 g/mol. The van der Waals surface area contributed by atoms with Gasteiger partial charge in [0.25, 0.3) is 0 Å². The van der Waals surface area contributed by atoms with E-state index >= 15 is 0 Å². The summed E-state index contributed by atoms with van der Waals surface area (Å²) in [6, 6.07) is 4.72. The summed E-state index contributed by atoms with van der Waals surface area (Å²) in [6.45, 7) is 9.23. The summed E-state index contributed by atoms with van der Waals surface area (Å²) < 4.78 is 5.51. The van der Waals surface area contributed by atoms with Gasteiger partial charge in [-0.2, -0.15) is 0 Å². The van der Waals surface area contributed by atoms with Crippen molar-refractivity contribution in [3.05, 3.63) is 35.0 Å². The molecule has 0 spiro atoms. The van der Waals surface area contributed by atoms with E-state index in [1.165, 1.54) is 4.88 Å². The van der Waals surface area contributed by atoms with Crippen LogP contribution in [-0.4, -0.2) is 69.2 Å². The van der Waals surface area contributed by atoms with Crippen LogP contribution in [0.1, 0.15) is 23.8 Å². The van der Waals surface area contributed by atoms with Gasteiger partial charge in [0.15, 0.2) is 5.96 Å². The molecular formula is C18H31IN4OS. The van der Waals surface area contributed by atoms with Gasteiger partial charge in [0.1, 0.15) is 0 Å². The van der Waals surface area contributed by atoms with Crippen molar-refractivity contribution >= 4 is 41.3 Å². The van der Waals surface area contributed by atoms with Gasteiger partial charge in [0.05, 0.1) is 19.3 Å². The normalized spacial score (nSPS) is 16.8. The first-order valence-corrected chi connectivity index (χ1v) is 9.52. The molecule has 1 saturated heterocycles. The average Bonchev–Trinajstić information content (AvgIpc) is 3.14. The van der Waals surface area contributed by atoms with E-state index in [9.17, 15) is 0 Å². The zero-order valence-electron chi connectivity index (χ0n) is 15.3. The van der Waals surface area contributed by atoms with Crippen molar-refractivity contribution in [1.29, 1.82) is 0 Å². The van der Waals surface area contributed by atoms with E-state index in [4.69, 9.17) is 4.74 Å². The third kappa shape index (κ3) is 7.24. The number of hydrogen-bond acceptors (Lipinski definition) is 4. The van der Waals surface area contributed by atoms with Gasteiger partial charge in [0.2, 0.25) is 0 Å². The van der Waals surface area contributed by atoms with E-state index in [0.29, 0.717) is 6.04 Å². The van der Waals surface area contributed by atoms with E-state index in [1.807, 2.05) is 24.5 Å². The molecule has 1 unspecified atom stereocenters. The molecule has 0 radical (unpaired) electrons. The van der Waals surface area contributed by atoms with Gasteiger partial charge in [-0.05, 0) is 24.3 Å². The minimum atomic E-state index is 0. The van der Waals surface area contributed by atoms with Crippen molar-refractivity contribution in [2.24, 2.45) is 4.99 Å². The predicted octanol–water partition coefficient (Wildman–Crippen LogP) is 3.21. The number of aliphatic imine (C=N–C) groups is 1. The van der Waals surface area contributed by atoms with Crippen LogP contribution in [0.15, 0.2) is 35.2 Å². The summed E-state index contributed by atoms with van der Waals surface area (Å²) in [5, 5.41) is 5.71. The van der Waals surface area contributed by atoms with Crippen molar-refractivity contribution in [3.8, 4) is 0 Å². The minimum absolute atomic E-state index is 0. The zero-order valence-corrected chi connectivity index (χ0v) is 18.5. The highest BCUT2D eigenvalue weighted by molar-refractivity contribution is 14.0. The highest BCUT2D eigenvalue weighted by Gasteiger charge is 2.23. The number of nitrogens with one attached hydrogen (secondary N) is 1. The quantitative estimate of drug-likeness (QED) is 0.205. The van der Waals surface area contributed by atoms with E-state index < -0.39 is 0 Å². The van der Waals surface area contributed by atoms with Crippen LogP contribution < -0.4 is 5.32 Å². The first-order valence-electron chi connectivity index (χ1n) is 8.64. The maximum atomic E-state index is 5.51. The Labute approximate surface area is 173 Å². The molecule has 1 aliphatic heterocycles. The van der Waals surface area contributed by atoms with Crippen LogP contribution in [0.5, 0.6) is 0 Å². The molecule has 0 aliphatic carbocycles. The predicted molar refractivity (Wildman–Crippen MR) is 118 cm³/mol. The molecule has 2 heterocycles. The summed E-state index contributed by atoms with van der Waals surface area (Å²) in [7, 11) is 3.94. The Morgan fingerprint density at radius 1 is 1.52 bits per heavy atom. The van der Waals surface area contributed by atoms with Gasteiger partial charge < -0.3 is 15.0 Å². The molecule has 1 fully saturated rings. The van der Waals surface area contributed by atoms with Gasteiger partial charge >= 0.3 is 0 Å². The summed E-state index contributed by atoms with van der Waals surface area (Å²) in [6.07, 6.45) is 4.10. The van der Waals surface area contributed by atoms with Gasteiger partial charge in [-0.3, -0.25) is 9.89 Å². The third-order valence-electron chi connectivity index (χ3n) is 4.29. The Hall–Kier alpha value is -0.640. The molecule has 1 aromatic rings. The van der Waals surface area contributed by atoms with E-state index in [1.54, 1.807) is 0 Å². The first kappa shape index (κ1) is 22.4. The number of thiophene rings is 1. The fraction of sp³-hybridized carbons (Fsp3) is 0.611. The SMILES string of the molecule is C=CCCCN(C)C(=NC)NCC(c1cccs1)N1CCOCC1.I. The Kier molecular flexibility index (Phi) is 11.4. The highest BCUT2D eigenvalue weighted by Crippen LogP contribution is 2.25. The molecule has 7 heteroatoms.